The maximum atomic E-state index is 12.5. The van der Waals surface area contributed by atoms with E-state index >= 15 is 0 Å². The van der Waals surface area contributed by atoms with Gasteiger partial charge in [0.05, 0.1) is 10.6 Å². The van der Waals surface area contributed by atoms with Crippen LogP contribution in [0.5, 0.6) is 0 Å². The maximum Gasteiger partial charge on any atom is 0.350 e. The zero-order valence-corrected chi connectivity index (χ0v) is 17.0. The molecule has 0 aliphatic carbocycles. The molecular formula is C19H16N6O2S2. The minimum atomic E-state index is -0.473. The molecule has 0 saturated heterocycles. The minimum Gasteiger partial charge on any atom is -0.453 e. The number of anilines is 3. The number of carbonyl (C=O) groups is 1. The zero-order valence-electron chi connectivity index (χ0n) is 15.3. The summed E-state index contributed by atoms with van der Waals surface area (Å²) < 4.78 is 5.38. The van der Waals surface area contributed by atoms with E-state index in [9.17, 15) is 4.79 Å². The van der Waals surface area contributed by atoms with Gasteiger partial charge in [-0.1, -0.05) is 24.3 Å². The van der Waals surface area contributed by atoms with Crippen molar-refractivity contribution in [3.8, 4) is 9.88 Å². The number of nitrogens with two attached hydrogens (primary N) is 1. The van der Waals surface area contributed by atoms with Crippen molar-refractivity contribution >= 4 is 46.2 Å². The van der Waals surface area contributed by atoms with Crippen molar-refractivity contribution in [2.24, 2.45) is 0 Å². The molecule has 3 N–H and O–H groups in total. The smallest absolute Gasteiger partial charge is 0.350 e. The molecule has 10 heteroatoms. The number of carbonyl (C=O) groups excluding carboxylic acids is 1. The van der Waals surface area contributed by atoms with Crippen molar-refractivity contribution in [3.05, 3.63) is 64.2 Å². The first-order chi connectivity index (χ1) is 14.1. The molecule has 146 valence electrons. The highest BCUT2D eigenvalue weighted by molar-refractivity contribution is 7.22. The van der Waals surface area contributed by atoms with Gasteiger partial charge in [-0.15, -0.1) is 22.7 Å². The van der Waals surface area contributed by atoms with E-state index in [0.717, 1.165) is 15.6 Å². The van der Waals surface area contributed by atoms with Gasteiger partial charge in [-0.05, 0) is 30.5 Å². The van der Waals surface area contributed by atoms with Gasteiger partial charge in [-0.25, -0.2) is 9.78 Å². The van der Waals surface area contributed by atoms with Crippen molar-refractivity contribution in [3.63, 3.8) is 0 Å². The topological polar surface area (TPSA) is 116 Å². The zero-order chi connectivity index (χ0) is 20.2. The molecule has 3 heterocycles. The van der Waals surface area contributed by atoms with Crippen LogP contribution >= 0.6 is 22.7 Å². The number of esters is 1. The average Bonchev–Trinajstić information content (AvgIpc) is 3.36. The van der Waals surface area contributed by atoms with E-state index in [1.165, 1.54) is 11.3 Å². The Morgan fingerprint density at radius 3 is 2.69 bits per heavy atom. The lowest BCUT2D eigenvalue weighted by Crippen LogP contribution is -2.11. The van der Waals surface area contributed by atoms with E-state index in [1.807, 2.05) is 47.8 Å². The van der Waals surface area contributed by atoms with Crippen LogP contribution in [0, 0.1) is 6.92 Å². The van der Waals surface area contributed by atoms with Crippen molar-refractivity contribution in [2.45, 2.75) is 13.5 Å². The number of thiazole rings is 1. The van der Waals surface area contributed by atoms with Crippen LogP contribution < -0.4 is 11.1 Å². The molecule has 0 saturated carbocycles. The van der Waals surface area contributed by atoms with Gasteiger partial charge in [0.15, 0.2) is 12.4 Å². The summed E-state index contributed by atoms with van der Waals surface area (Å²) in [5, 5.41) is 5.81. The van der Waals surface area contributed by atoms with Crippen LogP contribution in [0.4, 0.5) is 17.6 Å². The highest BCUT2D eigenvalue weighted by Gasteiger charge is 2.19. The SMILES string of the molecule is Cc1nc(-c2cccs2)sc1C(=O)OCc1nc(N)nc(Nc2ccccc2)n1. The van der Waals surface area contributed by atoms with Crippen LogP contribution in [0.25, 0.3) is 9.88 Å². The van der Waals surface area contributed by atoms with Crippen LogP contribution in [-0.4, -0.2) is 25.9 Å². The molecule has 0 atom stereocenters. The highest BCUT2D eigenvalue weighted by Crippen LogP contribution is 2.31. The van der Waals surface area contributed by atoms with Crippen molar-refractivity contribution in [1.29, 1.82) is 0 Å². The van der Waals surface area contributed by atoms with Crippen molar-refractivity contribution in [1.82, 2.24) is 19.9 Å². The van der Waals surface area contributed by atoms with Crippen molar-refractivity contribution in [2.75, 3.05) is 11.1 Å². The van der Waals surface area contributed by atoms with Crippen LogP contribution in [0.1, 0.15) is 21.2 Å². The molecule has 0 amide bonds. The Labute approximate surface area is 174 Å². The number of hydrogen-bond acceptors (Lipinski definition) is 10. The Morgan fingerprint density at radius 2 is 1.93 bits per heavy atom. The lowest BCUT2D eigenvalue weighted by molar-refractivity contribution is 0.0467. The monoisotopic (exact) mass is 424 g/mol. The first-order valence-electron chi connectivity index (χ1n) is 8.59. The molecule has 29 heavy (non-hydrogen) atoms. The number of aryl methyl sites for hydroxylation is 1. The summed E-state index contributed by atoms with van der Waals surface area (Å²) in [6.07, 6.45) is 0. The molecule has 3 aromatic heterocycles. The molecule has 4 rings (SSSR count). The predicted octanol–water partition coefficient (Wildman–Crippen LogP) is 4.05. The maximum absolute atomic E-state index is 12.5. The second kappa shape index (κ2) is 8.33. The molecular weight excluding hydrogens is 408 g/mol. The largest absolute Gasteiger partial charge is 0.453 e. The summed E-state index contributed by atoms with van der Waals surface area (Å²) in [6.45, 7) is 1.66. The summed E-state index contributed by atoms with van der Waals surface area (Å²) >= 11 is 2.87. The Morgan fingerprint density at radius 1 is 1.10 bits per heavy atom. The lowest BCUT2D eigenvalue weighted by atomic mass is 10.3. The molecule has 0 aliphatic rings. The van der Waals surface area contributed by atoms with E-state index < -0.39 is 5.97 Å². The number of benzene rings is 1. The third-order valence-corrected chi connectivity index (χ3v) is 5.95. The molecule has 0 unspecified atom stereocenters. The predicted molar refractivity (Wildman–Crippen MR) is 113 cm³/mol. The summed E-state index contributed by atoms with van der Waals surface area (Å²) in [6, 6.07) is 13.3. The van der Waals surface area contributed by atoms with Crippen LogP contribution in [0.2, 0.25) is 0 Å². The molecule has 0 spiro atoms. The molecule has 1 aromatic carbocycles. The Kier molecular flexibility index (Phi) is 5.45. The second-order valence-electron chi connectivity index (χ2n) is 5.91. The molecule has 4 aromatic rings. The molecule has 0 radical (unpaired) electrons. The number of nitrogen functional groups attached to an aromatic ring is 1. The summed E-state index contributed by atoms with van der Waals surface area (Å²) in [5.74, 6) is 0.103. The number of para-hydroxylation sites is 1. The molecule has 0 fully saturated rings. The van der Waals surface area contributed by atoms with Crippen LogP contribution in [0.15, 0.2) is 47.8 Å². The minimum absolute atomic E-state index is 0.0402. The fourth-order valence-electron chi connectivity index (χ4n) is 2.50. The third kappa shape index (κ3) is 4.55. The second-order valence-corrected chi connectivity index (χ2v) is 7.86. The first kappa shape index (κ1) is 19.0. The fourth-order valence-corrected chi connectivity index (χ4v) is 4.25. The number of nitrogens with one attached hydrogen (secondary N) is 1. The van der Waals surface area contributed by atoms with Gasteiger partial charge in [0.1, 0.15) is 9.88 Å². The van der Waals surface area contributed by atoms with Gasteiger partial charge in [-0.3, -0.25) is 0 Å². The Hall–Kier alpha value is -3.37. The first-order valence-corrected chi connectivity index (χ1v) is 10.3. The fraction of sp³-hybridized carbons (Fsp3) is 0.105. The number of nitrogens with zero attached hydrogens (tertiary/aromatic N) is 4. The normalized spacial score (nSPS) is 10.7. The highest BCUT2D eigenvalue weighted by atomic mass is 32.1. The van der Waals surface area contributed by atoms with E-state index in [4.69, 9.17) is 10.5 Å². The third-order valence-electron chi connectivity index (χ3n) is 3.78. The van der Waals surface area contributed by atoms with E-state index in [1.54, 1.807) is 18.3 Å². The quantitative estimate of drug-likeness (QED) is 0.445. The van der Waals surface area contributed by atoms with Gasteiger partial charge in [0.25, 0.3) is 0 Å². The summed E-state index contributed by atoms with van der Waals surface area (Å²) in [5.41, 5.74) is 7.20. The van der Waals surface area contributed by atoms with Gasteiger partial charge in [0.2, 0.25) is 11.9 Å². The van der Waals surface area contributed by atoms with Gasteiger partial charge in [0, 0.05) is 5.69 Å². The van der Waals surface area contributed by atoms with E-state index in [2.05, 4.69) is 25.3 Å². The number of aromatic nitrogens is 4. The van der Waals surface area contributed by atoms with Crippen molar-refractivity contribution < 1.29 is 9.53 Å². The van der Waals surface area contributed by atoms with E-state index in [0.29, 0.717) is 10.6 Å². The Balaban J connectivity index is 1.45. The lowest BCUT2D eigenvalue weighted by Gasteiger charge is -2.07. The summed E-state index contributed by atoms with van der Waals surface area (Å²) in [7, 11) is 0. The standard InChI is InChI=1S/C19H16N6O2S2/c1-11-15(29-16(21-11)13-8-5-9-28-13)17(26)27-10-14-23-18(20)25-19(24-14)22-12-6-3-2-4-7-12/h2-9H,10H2,1H3,(H3,20,22,23,24,25). The number of thiophene rings is 1. The molecule has 8 nitrogen and oxygen atoms in total. The number of rotatable bonds is 6. The van der Waals surface area contributed by atoms with Gasteiger partial charge >= 0.3 is 5.97 Å². The van der Waals surface area contributed by atoms with Crippen LogP contribution in [-0.2, 0) is 11.3 Å². The van der Waals surface area contributed by atoms with Crippen LogP contribution in [0.3, 0.4) is 0 Å². The summed E-state index contributed by atoms with van der Waals surface area (Å²) in [4.78, 5) is 30.8. The number of ether oxygens (including phenoxy) is 1. The van der Waals surface area contributed by atoms with Gasteiger partial charge in [-0.2, -0.15) is 15.0 Å². The number of hydrogen-bond donors (Lipinski definition) is 2. The van der Waals surface area contributed by atoms with E-state index in [-0.39, 0.29) is 24.3 Å². The Bertz CT molecular complexity index is 1130. The molecule has 0 bridgehead atoms. The molecule has 0 aliphatic heterocycles. The average molecular weight is 425 g/mol. The van der Waals surface area contributed by atoms with Gasteiger partial charge < -0.3 is 15.8 Å².